The van der Waals surface area contributed by atoms with Gasteiger partial charge in [-0.2, -0.15) is 0 Å². The number of Topliss-reactive ketones (excluding diaryl/α,β-unsaturated/α-hetero) is 2. The third kappa shape index (κ3) is 3.25. The Labute approximate surface area is 245 Å². The molecule has 7 fully saturated rings. The number of ketones is 2. The zero-order valence-electron chi connectivity index (χ0n) is 24.2. The number of hydrogen-bond donors (Lipinski definition) is 2. The lowest BCUT2D eigenvalue weighted by molar-refractivity contribution is -0.437. The molecule has 1 aromatic rings. The summed E-state index contributed by atoms with van der Waals surface area (Å²) in [4.78, 5) is 56.5. The van der Waals surface area contributed by atoms with E-state index in [0.717, 1.165) is 0 Å². The average molecular weight is 578 g/mol. The van der Waals surface area contributed by atoms with Gasteiger partial charge in [0.2, 0.25) is 5.79 Å². The summed E-state index contributed by atoms with van der Waals surface area (Å²) in [6.07, 6.45) is 0.0384. The van der Waals surface area contributed by atoms with Crippen molar-refractivity contribution in [3.63, 3.8) is 0 Å². The molecule has 3 aliphatic heterocycles. The molecule has 9 heteroatoms. The van der Waals surface area contributed by atoms with Gasteiger partial charge in [-0.1, -0.05) is 38.6 Å². The molecule has 4 bridgehead atoms. The Morgan fingerprint density at radius 2 is 1.76 bits per heavy atom. The largest absolute Gasteiger partial charge is 0.460 e. The first-order valence-corrected chi connectivity index (χ1v) is 15.3. The van der Waals surface area contributed by atoms with E-state index in [0.29, 0.717) is 57.2 Å². The monoisotopic (exact) mass is 577 g/mol. The van der Waals surface area contributed by atoms with Gasteiger partial charge in [0, 0.05) is 36.9 Å². The van der Waals surface area contributed by atoms with Gasteiger partial charge in [0.15, 0.2) is 5.78 Å². The van der Waals surface area contributed by atoms with Crippen LogP contribution in [0.1, 0.15) is 62.7 Å². The molecule has 1 aromatic carbocycles. The Hall–Kier alpha value is -2.88. The predicted molar refractivity (Wildman–Crippen MR) is 149 cm³/mol. The fourth-order valence-corrected chi connectivity index (χ4v) is 10.1. The van der Waals surface area contributed by atoms with Crippen LogP contribution in [-0.4, -0.2) is 76.2 Å². The van der Waals surface area contributed by atoms with Gasteiger partial charge in [0.05, 0.1) is 17.9 Å². The summed E-state index contributed by atoms with van der Waals surface area (Å²) in [6, 6.07) is 9.01. The maximum atomic E-state index is 14.2. The maximum Gasteiger partial charge on any atom is 0.309 e. The Balaban J connectivity index is 1.19. The van der Waals surface area contributed by atoms with Crippen molar-refractivity contribution >= 4 is 23.4 Å². The van der Waals surface area contributed by atoms with Crippen molar-refractivity contribution < 1.29 is 38.9 Å². The maximum absolute atomic E-state index is 14.2. The summed E-state index contributed by atoms with van der Waals surface area (Å²) in [7, 11) is 0. The van der Waals surface area contributed by atoms with Crippen molar-refractivity contribution in [2.24, 2.45) is 39.9 Å². The van der Waals surface area contributed by atoms with E-state index in [9.17, 15) is 29.4 Å². The minimum atomic E-state index is -2.31. The number of amides is 1. The van der Waals surface area contributed by atoms with E-state index in [1.807, 2.05) is 32.0 Å². The summed E-state index contributed by atoms with van der Waals surface area (Å²) in [5.74, 6) is -5.68. The fourth-order valence-electron chi connectivity index (χ4n) is 10.1. The van der Waals surface area contributed by atoms with Crippen molar-refractivity contribution in [1.82, 2.24) is 4.90 Å². The first kappa shape index (κ1) is 27.9. The zero-order chi connectivity index (χ0) is 29.8. The summed E-state index contributed by atoms with van der Waals surface area (Å²) in [6.45, 7) is 8.77. The molecule has 7 aliphatic rings. The van der Waals surface area contributed by atoms with Gasteiger partial charge in [-0.15, -0.1) is 0 Å². The molecule has 4 aliphatic carbocycles. The van der Waals surface area contributed by atoms with Crippen molar-refractivity contribution in [1.29, 1.82) is 0 Å². The number of benzene rings is 1. The normalized spacial score (nSPS) is 42.2. The third-order valence-corrected chi connectivity index (χ3v) is 12.0. The summed E-state index contributed by atoms with van der Waals surface area (Å²) in [5.41, 5.74) is -2.59. The van der Waals surface area contributed by atoms with Crippen LogP contribution in [0.15, 0.2) is 42.5 Å². The first-order chi connectivity index (χ1) is 19.9. The van der Waals surface area contributed by atoms with Gasteiger partial charge in [-0.3, -0.25) is 19.2 Å². The SMILES string of the molecule is C=C1C(=O)[C@]23[C@H](OC(=O)C4CCN(C(=O)c5ccccc5)CC4)[C@H]1CC[C@H]2[C@@]12CO[C@@]3(O)[C@@H](O)[C@@H]1C(C)(C)CCC2=O. The van der Waals surface area contributed by atoms with Crippen molar-refractivity contribution in [3.8, 4) is 0 Å². The number of piperidine rings is 1. The highest BCUT2D eigenvalue weighted by Gasteiger charge is 2.88. The molecular formula is C33H39NO8. The first-order valence-electron chi connectivity index (χ1n) is 15.3. The molecule has 3 heterocycles. The molecule has 4 saturated carbocycles. The van der Waals surface area contributed by atoms with E-state index in [1.54, 1.807) is 17.0 Å². The number of esters is 1. The molecule has 3 saturated heterocycles. The van der Waals surface area contributed by atoms with Crippen LogP contribution in [0.3, 0.4) is 0 Å². The van der Waals surface area contributed by atoms with Crippen LogP contribution in [0.4, 0.5) is 0 Å². The number of ether oxygens (including phenoxy) is 2. The van der Waals surface area contributed by atoms with E-state index in [-0.39, 0.29) is 23.9 Å². The molecular weight excluding hydrogens is 538 g/mol. The zero-order valence-corrected chi connectivity index (χ0v) is 24.2. The Kier molecular flexibility index (Phi) is 6.03. The number of likely N-dealkylation sites (tertiary alicyclic amines) is 1. The number of nitrogens with zero attached hydrogens (tertiary/aromatic N) is 1. The number of carbonyl (C=O) groups is 4. The summed E-state index contributed by atoms with van der Waals surface area (Å²) in [5, 5.41) is 24.2. The number of aliphatic hydroxyl groups is 2. The lowest BCUT2D eigenvalue weighted by Crippen LogP contribution is -2.85. The highest BCUT2D eigenvalue weighted by molar-refractivity contribution is 6.06. The number of rotatable bonds is 3. The second-order valence-corrected chi connectivity index (χ2v) is 14.1. The van der Waals surface area contributed by atoms with E-state index < -0.39 is 69.7 Å². The fraction of sp³-hybridized carbons (Fsp3) is 0.636. The molecule has 8 rings (SSSR count). The minimum Gasteiger partial charge on any atom is -0.460 e. The molecule has 224 valence electrons. The number of carbonyl (C=O) groups excluding carboxylic acids is 4. The highest BCUT2D eigenvalue weighted by atomic mass is 16.6. The molecule has 42 heavy (non-hydrogen) atoms. The molecule has 0 unspecified atom stereocenters. The molecule has 2 spiro atoms. The van der Waals surface area contributed by atoms with E-state index >= 15 is 0 Å². The Bertz CT molecular complexity index is 1380. The molecule has 2 N–H and O–H groups in total. The van der Waals surface area contributed by atoms with Crippen LogP contribution in [0.25, 0.3) is 0 Å². The number of aliphatic hydroxyl groups excluding tert-OH is 1. The van der Waals surface area contributed by atoms with E-state index in [4.69, 9.17) is 9.47 Å². The second kappa shape index (κ2) is 9.07. The quantitative estimate of drug-likeness (QED) is 0.414. The molecule has 1 amide bonds. The smallest absolute Gasteiger partial charge is 0.309 e. The van der Waals surface area contributed by atoms with Crippen molar-refractivity contribution in [2.75, 3.05) is 19.7 Å². The van der Waals surface area contributed by atoms with E-state index in [1.165, 1.54) is 0 Å². The molecule has 0 aromatic heterocycles. The summed E-state index contributed by atoms with van der Waals surface area (Å²) >= 11 is 0. The van der Waals surface area contributed by atoms with Crippen LogP contribution in [0, 0.1) is 39.9 Å². The van der Waals surface area contributed by atoms with Crippen LogP contribution < -0.4 is 0 Å². The second-order valence-electron chi connectivity index (χ2n) is 14.1. The lowest BCUT2D eigenvalue weighted by Gasteiger charge is -2.73. The van der Waals surface area contributed by atoms with Gasteiger partial charge in [-0.25, -0.2) is 0 Å². The van der Waals surface area contributed by atoms with Crippen LogP contribution in [0.5, 0.6) is 0 Å². The van der Waals surface area contributed by atoms with Gasteiger partial charge in [-0.05, 0) is 61.1 Å². The Morgan fingerprint density at radius 3 is 2.45 bits per heavy atom. The van der Waals surface area contributed by atoms with Crippen LogP contribution in [-0.2, 0) is 23.9 Å². The van der Waals surface area contributed by atoms with Crippen molar-refractivity contribution in [3.05, 3.63) is 48.0 Å². The highest BCUT2D eigenvalue weighted by Crippen LogP contribution is 2.76. The summed E-state index contributed by atoms with van der Waals surface area (Å²) < 4.78 is 12.3. The molecule has 0 radical (unpaired) electrons. The number of fused-ring (bicyclic) bond motifs is 2. The van der Waals surface area contributed by atoms with Crippen molar-refractivity contribution in [2.45, 2.75) is 70.4 Å². The van der Waals surface area contributed by atoms with Gasteiger partial charge < -0.3 is 24.6 Å². The number of hydrogen-bond acceptors (Lipinski definition) is 8. The average Bonchev–Trinajstić information content (AvgIpc) is 3.10. The van der Waals surface area contributed by atoms with Gasteiger partial charge >= 0.3 is 5.97 Å². The predicted octanol–water partition coefficient (Wildman–Crippen LogP) is 2.69. The molecule has 8 atom stereocenters. The van der Waals surface area contributed by atoms with Crippen LogP contribution >= 0.6 is 0 Å². The van der Waals surface area contributed by atoms with E-state index in [2.05, 4.69) is 6.58 Å². The van der Waals surface area contributed by atoms with Gasteiger partial charge in [0.25, 0.3) is 5.91 Å². The van der Waals surface area contributed by atoms with Crippen LogP contribution in [0.2, 0.25) is 0 Å². The third-order valence-electron chi connectivity index (χ3n) is 12.0. The lowest BCUT2D eigenvalue weighted by atomic mass is 9.36. The van der Waals surface area contributed by atoms with Gasteiger partial charge in [0.1, 0.15) is 23.4 Å². The molecule has 9 nitrogen and oxygen atoms in total. The topological polar surface area (TPSA) is 130 Å². The minimum absolute atomic E-state index is 0.0544. The Morgan fingerprint density at radius 1 is 1.07 bits per heavy atom. The standard InChI is InChI=1S/C33H39NO8/c1-18-21-9-10-22-31-17-41-33(40,26(37)24(31)30(2,3)14-11-23(31)35)32(22,25(18)36)27(21)42-29(39)20-12-15-34(16-13-20)28(38)19-7-5-4-6-8-19/h4-8,20-22,24,26-27,37,40H,1,9-17H2,2-3H3/t21-,22-,24+,26-,27+,31+,32-,33-/m0/s1.